The summed E-state index contributed by atoms with van der Waals surface area (Å²) in [5, 5.41) is 12.0. The minimum Gasteiger partial charge on any atom is -0.496 e. The fourth-order valence-electron chi connectivity index (χ4n) is 8.93. The molecule has 0 spiro atoms. The van der Waals surface area contributed by atoms with Crippen LogP contribution in [0.15, 0.2) is 107 Å². The summed E-state index contributed by atoms with van der Waals surface area (Å²) < 4.78 is 18.1. The molecule has 4 aromatic heterocycles. The summed E-state index contributed by atoms with van der Waals surface area (Å²) >= 11 is 0. The van der Waals surface area contributed by atoms with Crippen LogP contribution in [-0.2, 0) is 12.8 Å². The number of nitrogens with two attached hydrogens (primary N) is 1. The van der Waals surface area contributed by atoms with E-state index < -0.39 is 0 Å². The summed E-state index contributed by atoms with van der Waals surface area (Å²) in [6.45, 7) is 11.0. The molecule has 20 nitrogen and oxygen atoms in total. The first-order valence-corrected chi connectivity index (χ1v) is 24.4. The topological polar surface area (TPSA) is 206 Å². The van der Waals surface area contributed by atoms with Gasteiger partial charge in [0.2, 0.25) is 0 Å². The van der Waals surface area contributed by atoms with Crippen LogP contribution >= 0.6 is 0 Å². The van der Waals surface area contributed by atoms with Crippen LogP contribution in [0.1, 0.15) is 62.6 Å². The van der Waals surface area contributed by atoms with Gasteiger partial charge in [-0.05, 0) is 98.4 Å². The summed E-state index contributed by atoms with van der Waals surface area (Å²) in [5.41, 5.74) is 12.9. The summed E-state index contributed by atoms with van der Waals surface area (Å²) in [5.74, 6) is 3.18. The molecule has 20 heteroatoms. The highest BCUT2D eigenvalue weighted by Gasteiger charge is 2.24. The number of para-hydroxylation sites is 4. The first-order valence-electron chi connectivity index (χ1n) is 24.4. The minimum absolute atomic E-state index is 0.0190. The highest BCUT2D eigenvalue weighted by molar-refractivity contribution is 5.79. The third-order valence-corrected chi connectivity index (χ3v) is 12.7. The Morgan fingerprint density at radius 1 is 0.595 bits per heavy atom. The van der Waals surface area contributed by atoms with E-state index in [1.165, 1.54) is 13.2 Å². The summed E-state index contributed by atoms with van der Waals surface area (Å²) in [4.78, 5) is 64.8. The third-order valence-electron chi connectivity index (χ3n) is 12.7. The van der Waals surface area contributed by atoms with Gasteiger partial charge in [0, 0.05) is 107 Å². The molecule has 0 unspecified atom stereocenters. The molecule has 74 heavy (non-hydrogen) atoms. The molecule has 0 amide bonds. The maximum absolute atomic E-state index is 13.4. The van der Waals surface area contributed by atoms with Gasteiger partial charge in [-0.25, -0.2) is 38.7 Å². The SMILES string of the molecule is COc1cc(N(C)CCN(C)C)c(N)cc1Cc1nccc(-n2c(=O)n(C(C)C)c3ccccc32)n1.COc1cc(N(C)CCN(C)C)c([N+](=O)[O-])cc1Cc1nccc(-n2c(=O)n(C(C)C)c3ccccc32)n1. The number of anilines is 3. The van der Waals surface area contributed by atoms with E-state index >= 15 is 0 Å². The van der Waals surface area contributed by atoms with Gasteiger partial charge in [-0.2, -0.15) is 0 Å². The normalized spacial score (nSPS) is 11.5. The number of nitro groups is 1. The molecule has 0 bridgehead atoms. The Bertz CT molecular complexity index is 3390. The fourth-order valence-corrected chi connectivity index (χ4v) is 8.93. The molecule has 0 aliphatic carbocycles. The van der Waals surface area contributed by atoms with Crippen molar-refractivity contribution in [2.45, 2.75) is 52.6 Å². The van der Waals surface area contributed by atoms with Crippen LogP contribution in [0.2, 0.25) is 0 Å². The molecular weight excluding hydrogens is 941 g/mol. The largest absolute Gasteiger partial charge is 0.496 e. The number of imidazole rings is 2. The predicted molar refractivity (Wildman–Crippen MR) is 293 cm³/mol. The second kappa shape index (κ2) is 23.2. The van der Waals surface area contributed by atoms with E-state index in [0.717, 1.165) is 58.7 Å². The summed E-state index contributed by atoms with van der Waals surface area (Å²) in [6, 6.07) is 25.9. The molecule has 0 fully saturated rings. The number of nitrogen functional groups attached to an aromatic ring is 1. The van der Waals surface area contributed by atoms with Crippen LogP contribution in [-0.4, -0.2) is 136 Å². The molecule has 0 atom stereocenters. The van der Waals surface area contributed by atoms with Gasteiger partial charge >= 0.3 is 11.4 Å². The van der Waals surface area contributed by atoms with Crippen molar-refractivity contribution in [3.63, 3.8) is 0 Å². The third kappa shape index (κ3) is 11.6. The molecule has 4 heterocycles. The number of likely N-dealkylation sites (N-methyl/N-ethyl adjacent to an activating group) is 4. The van der Waals surface area contributed by atoms with Crippen molar-refractivity contribution < 1.29 is 14.4 Å². The van der Waals surface area contributed by atoms with Crippen molar-refractivity contribution >= 4 is 44.8 Å². The van der Waals surface area contributed by atoms with Gasteiger partial charge in [0.25, 0.3) is 5.69 Å². The fraction of sp³-hybridized carbons (Fsp3) is 0.370. The van der Waals surface area contributed by atoms with E-state index in [-0.39, 0.29) is 40.5 Å². The zero-order valence-corrected chi connectivity index (χ0v) is 44.5. The highest BCUT2D eigenvalue weighted by Crippen LogP contribution is 2.36. The number of hydrogen-bond donors (Lipinski definition) is 1. The number of hydrogen-bond acceptors (Lipinski definition) is 15. The number of methoxy groups -OCH3 is 2. The van der Waals surface area contributed by atoms with Crippen LogP contribution < -0.4 is 36.4 Å². The van der Waals surface area contributed by atoms with E-state index in [9.17, 15) is 19.7 Å². The second-order valence-corrected chi connectivity index (χ2v) is 19.2. The van der Waals surface area contributed by atoms with Crippen LogP contribution in [0.4, 0.5) is 22.7 Å². The monoisotopic (exact) mass is 1010 g/mol. The smallest absolute Gasteiger partial charge is 0.335 e. The van der Waals surface area contributed by atoms with Gasteiger partial charge in [0.15, 0.2) is 0 Å². The van der Waals surface area contributed by atoms with E-state index in [4.69, 9.17) is 20.2 Å². The number of benzene rings is 4. The van der Waals surface area contributed by atoms with Gasteiger partial charge in [-0.3, -0.25) is 19.2 Å². The van der Waals surface area contributed by atoms with Crippen LogP contribution in [0.5, 0.6) is 11.5 Å². The molecule has 8 aromatic rings. The van der Waals surface area contributed by atoms with E-state index in [1.54, 1.807) is 56.0 Å². The van der Waals surface area contributed by atoms with Crippen LogP contribution in [0, 0.1) is 10.1 Å². The summed E-state index contributed by atoms with van der Waals surface area (Å²) in [7, 11) is 15.0. The van der Waals surface area contributed by atoms with E-state index in [2.05, 4.69) is 24.8 Å². The van der Waals surface area contributed by atoms with Crippen molar-refractivity contribution in [3.8, 4) is 23.1 Å². The average molecular weight is 1010 g/mol. The molecule has 2 N–H and O–H groups in total. The summed E-state index contributed by atoms with van der Waals surface area (Å²) in [6.07, 6.45) is 3.89. The van der Waals surface area contributed by atoms with Crippen molar-refractivity contribution in [1.29, 1.82) is 0 Å². The van der Waals surface area contributed by atoms with Gasteiger partial charge in [-0.15, -0.1) is 0 Å². The number of nitro benzene ring substituents is 1. The zero-order valence-electron chi connectivity index (χ0n) is 44.5. The molecule has 0 aliphatic rings. The van der Waals surface area contributed by atoms with Crippen molar-refractivity contribution in [2.24, 2.45) is 0 Å². The molecule has 0 saturated carbocycles. The Hall–Kier alpha value is -8.10. The number of rotatable bonds is 19. The highest BCUT2D eigenvalue weighted by atomic mass is 16.6. The predicted octanol–water partition coefficient (Wildman–Crippen LogP) is 7.01. The molecule has 0 saturated heterocycles. The first kappa shape index (κ1) is 53.7. The lowest BCUT2D eigenvalue weighted by Gasteiger charge is -2.24. The molecule has 8 rings (SSSR count). The van der Waals surface area contributed by atoms with E-state index in [0.29, 0.717) is 58.9 Å². The van der Waals surface area contributed by atoms with Crippen LogP contribution in [0.25, 0.3) is 33.7 Å². The second-order valence-electron chi connectivity index (χ2n) is 19.2. The zero-order chi connectivity index (χ0) is 53.5. The molecule has 0 aliphatic heterocycles. The lowest BCUT2D eigenvalue weighted by molar-refractivity contribution is -0.384. The standard InChI is InChI=1S/C27H33N7O4.C27H35N7O2/c1-18(2)32-20-9-7-8-10-21(20)33(27(32)35)26-11-12-28-25(29-26)16-19-15-23(34(36)37)22(17-24(19)38-6)31(5)14-13-30(3)4;1-18(2)33-21-9-7-8-10-22(21)34(27(33)35)26-11-12-29-25(30-26)16-19-15-20(28)23(17-24(19)36-6)32(5)14-13-31(3)4/h7-12,15,17-18H,13-14,16H2,1-6H3;7-12,15,17-18H,13-14,16,28H2,1-6H3. The first-order chi connectivity index (χ1) is 35.3. The number of fused-ring (bicyclic) bond motifs is 2. The van der Waals surface area contributed by atoms with Crippen molar-refractivity contribution in [2.75, 3.05) is 98.2 Å². The Morgan fingerprint density at radius 3 is 1.41 bits per heavy atom. The molecule has 0 radical (unpaired) electrons. The number of ether oxygens (including phenoxy) is 2. The van der Waals surface area contributed by atoms with Crippen molar-refractivity contribution in [1.82, 2.24) is 48.0 Å². The number of aromatic nitrogens is 8. The van der Waals surface area contributed by atoms with Gasteiger partial charge < -0.3 is 34.8 Å². The lowest BCUT2D eigenvalue weighted by Crippen LogP contribution is -2.29. The average Bonchev–Trinajstić information content (AvgIpc) is 3.84. The Balaban J connectivity index is 0.000000217. The molecular formula is C54H68N14O6. The quantitative estimate of drug-likeness (QED) is 0.0491. The Morgan fingerprint density at radius 2 is 1.00 bits per heavy atom. The van der Waals surface area contributed by atoms with Gasteiger partial charge in [0.05, 0.1) is 52.6 Å². The Labute approximate surface area is 431 Å². The van der Waals surface area contributed by atoms with E-state index in [1.807, 2.05) is 140 Å². The minimum atomic E-state index is -0.387. The number of nitrogens with zero attached hydrogens (tertiary/aromatic N) is 13. The van der Waals surface area contributed by atoms with Gasteiger partial charge in [-0.1, -0.05) is 24.3 Å². The lowest BCUT2D eigenvalue weighted by atomic mass is 10.1. The van der Waals surface area contributed by atoms with Gasteiger partial charge in [0.1, 0.15) is 40.5 Å². The van der Waals surface area contributed by atoms with Crippen molar-refractivity contribution in [3.05, 3.63) is 151 Å². The van der Waals surface area contributed by atoms with Crippen LogP contribution in [0.3, 0.4) is 0 Å². The molecule has 390 valence electrons. The maximum atomic E-state index is 13.4. The molecule has 4 aromatic carbocycles. The maximum Gasteiger partial charge on any atom is 0.335 e. The Kier molecular flexibility index (Phi) is 16.8.